The number of para-hydroxylation sites is 1. The van der Waals surface area contributed by atoms with Gasteiger partial charge in [-0.15, -0.1) is 0 Å². The maximum absolute atomic E-state index is 10.6. The lowest BCUT2D eigenvalue weighted by atomic mass is 10.1. The first-order valence-electron chi connectivity index (χ1n) is 6.22. The lowest BCUT2D eigenvalue weighted by molar-refractivity contribution is 0.882. The Balaban J connectivity index is 2.10. The van der Waals surface area contributed by atoms with Gasteiger partial charge in [0.15, 0.2) is 0 Å². The van der Waals surface area contributed by atoms with Gasteiger partial charge in [-0.25, -0.2) is 4.68 Å². The predicted molar refractivity (Wildman–Crippen MR) is 76.3 cm³/mol. The first kappa shape index (κ1) is 12.2. The van der Waals surface area contributed by atoms with Gasteiger partial charge in [0.2, 0.25) is 0 Å². The molecule has 5 nitrogen and oxygen atoms in total. The van der Waals surface area contributed by atoms with Crippen LogP contribution in [0.25, 0.3) is 16.9 Å². The Bertz CT molecular complexity index is 707. The largest absolute Gasteiger partial charge is 0.264 e. The molecular formula is C15H12N4O. The molecule has 0 radical (unpaired) electrons. The summed E-state index contributed by atoms with van der Waals surface area (Å²) in [5.74, 6) is 0. The number of rotatable bonds is 4. The minimum Gasteiger partial charge on any atom is -0.264 e. The maximum atomic E-state index is 10.6. The van der Waals surface area contributed by atoms with Gasteiger partial charge in [0.25, 0.3) is 0 Å². The van der Waals surface area contributed by atoms with Crippen molar-refractivity contribution >= 4 is 0 Å². The van der Waals surface area contributed by atoms with Crippen LogP contribution in [0.4, 0.5) is 0 Å². The fourth-order valence-electron chi connectivity index (χ4n) is 2.05. The molecule has 1 aromatic carbocycles. The van der Waals surface area contributed by atoms with Gasteiger partial charge in [-0.05, 0) is 24.3 Å². The van der Waals surface area contributed by atoms with E-state index in [2.05, 4.69) is 15.3 Å². The van der Waals surface area contributed by atoms with Gasteiger partial charge >= 0.3 is 0 Å². The molecule has 20 heavy (non-hydrogen) atoms. The molecule has 0 saturated carbocycles. The monoisotopic (exact) mass is 264 g/mol. The Morgan fingerprint density at radius 1 is 1.10 bits per heavy atom. The number of benzene rings is 1. The van der Waals surface area contributed by atoms with Gasteiger partial charge in [-0.2, -0.15) is 10.0 Å². The number of hydrogen-bond acceptors (Lipinski definition) is 4. The molecule has 3 rings (SSSR count). The quantitative estimate of drug-likeness (QED) is 0.680. The van der Waals surface area contributed by atoms with E-state index in [9.17, 15) is 4.91 Å². The van der Waals surface area contributed by atoms with E-state index in [0.717, 1.165) is 22.5 Å². The van der Waals surface area contributed by atoms with Gasteiger partial charge in [-0.3, -0.25) is 4.98 Å². The van der Waals surface area contributed by atoms with Gasteiger partial charge < -0.3 is 0 Å². The van der Waals surface area contributed by atoms with Crippen molar-refractivity contribution in [2.75, 3.05) is 0 Å². The van der Waals surface area contributed by atoms with E-state index in [1.807, 2.05) is 48.7 Å². The van der Waals surface area contributed by atoms with E-state index in [1.54, 1.807) is 17.1 Å². The highest BCUT2D eigenvalue weighted by Crippen LogP contribution is 2.23. The number of aromatic nitrogens is 3. The summed E-state index contributed by atoms with van der Waals surface area (Å²) >= 11 is 0. The normalized spacial score (nSPS) is 10.4. The number of pyridine rings is 1. The number of nitrogens with zero attached hydrogens (tertiary/aromatic N) is 4. The lowest BCUT2D eigenvalue weighted by Gasteiger charge is -1.99. The Labute approximate surface area is 115 Å². The number of hydrogen-bond donors (Lipinski definition) is 0. The second-order valence-electron chi connectivity index (χ2n) is 4.31. The van der Waals surface area contributed by atoms with E-state index in [0.29, 0.717) is 0 Å². The van der Waals surface area contributed by atoms with Crippen LogP contribution in [0.15, 0.2) is 66.2 Å². The Morgan fingerprint density at radius 2 is 1.95 bits per heavy atom. The van der Waals surface area contributed by atoms with Crippen molar-refractivity contribution in [1.29, 1.82) is 0 Å². The van der Waals surface area contributed by atoms with Crippen LogP contribution in [0.2, 0.25) is 0 Å². The third-order valence-electron chi connectivity index (χ3n) is 2.98. The average molecular weight is 264 g/mol. The molecule has 2 heterocycles. The highest BCUT2D eigenvalue weighted by molar-refractivity contribution is 5.62. The first-order valence-corrected chi connectivity index (χ1v) is 6.22. The summed E-state index contributed by atoms with van der Waals surface area (Å²) in [5, 5.41) is 7.52. The molecule has 0 N–H and O–H groups in total. The zero-order chi connectivity index (χ0) is 13.8. The summed E-state index contributed by atoms with van der Waals surface area (Å²) in [7, 11) is 0. The Morgan fingerprint density at radius 3 is 2.65 bits per heavy atom. The molecule has 0 aliphatic rings. The van der Waals surface area contributed by atoms with Crippen LogP contribution in [-0.2, 0) is 6.54 Å². The van der Waals surface area contributed by atoms with Crippen molar-refractivity contribution in [2.24, 2.45) is 5.18 Å². The van der Waals surface area contributed by atoms with Crippen molar-refractivity contribution in [1.82, 2.24) is 14.8 Å². The molecule has 2 aromatic heterocycles. The van der Waals surface area contributed by atoms with Crippen molar-refractivity contribution < 1.29 is 0 Å². The topological polar surface area (TPSA) is 60.1 Å². The van der Waals surface area contributed by atoms with Crippen LogP contribution in [0.1, 0.15) is 5.56 Å². The van der Waals surface area contributed by atoms with Crippen molar-refractivity contribution in [3.63, 3.8) is 0 Å². The first-order chi connectivity index (χ1) is 9.88. The SMILES string of the molecule is O=NCc1cn(-c2ccccc2)nc1-c1cccnc1. The molecular weight excluding hydrogens is 252 g/mol. The fraction of sp³-hybridized carbons (Fsp3) is 0.0667. The summed E-state index contributed by atoms with van der Waals surface area (Å²) in [6.45, 7) is 0.0943. The summed E-state index contributed by atoms with van der Waals surface area (Å²) < 4.78 is 1.75. The summed E-state index contributed by atoms with van der Waals surface area (Å²) in [4.78, 5) is 14.7. The van der Waals surface area contributed by atoms with E-state index in [-0.39, 0.29) is 6.54 Å². The molecule has 0 spiro atoms. The Kier molecular flexibility index (Phi) is 3.33. The molecule has 0 amide bonds. The molecule has 0 aliphatic carbocycles. The summed E-state index contributed by atoms with van der Waals surface area (Å²) in [6.07, 6.45) is 5.26. The van der Waals surface area contributed by atoms with Crippen molar-refractivity contribution in [2.45, 2.75) is 6.54 Å². The fourth-order valence-corrected chi connectivity index (χ4v) is 2.05. The van der Waals surface area contributed by atoms with Crippen LogP contribution in [0.5, 0.6) is 0 Å². The molecule has 0 aliphatic heterocycles. The van der Waals surface area contributed by atoms with Gasteiger partial charge in [0.05, 0.1) is 11.4 Å². The van der Waals surface area contributed by atoms with E-state index < -0.39 is 0 Å². The highest BCUT2D eigenvalue weighted by atomic mass is 16.3. The van der Waals surface area contributed by atoms with Crippen LogP contribution in [0, 0.1) is 4.91 Å². The zero-order valence-corrected chi connectivity index (χ0v) is 10.7. The molecule has 5 heteroatoms. The molecule has 0 saturated heterocycles. The predicted octanol–water partition coefficient (Wildman–Crippen LogP) is 3.20. The van der Waals surface area contributed by atoms with E-state index in [4.69, 9.17) is 0 Å². The summed E-state index contributed by atoms with van der Waals surface area (Å²) in [5.41, 5.74) is 3.34. The molecule has 0 atom stereocenters. The number of nitroso groups, excluding NO2 is 1. The minimum atomic E-state index is 0.0943. The third-order valence-corrected chi connectivity index (χ3v) is 2.98. The van der Waals surface area contributed by atoms with Crippen LogP contribution in [-0.4, -0.2) is 14.8 Å². The van der Waals surface area contributed by atoms with Gasteiger partial charge in [0, 0.05) is 29.7 Å². The molecule has 0 fully saturated rings. The average Bonchev–Trinajstić information content (AvgIpc) is 2.94. The smallest absolute Gasteiger partial charge is 0.110 e. The zero-order valence-electron chi connectivity index (χ0n) is 10.7. The summed E-state index contributed by atoms with van der Waals surface area (Å²) in [6, 6.07) is 13.5. The lowest BCUT2D eigenvalue weighted by Crippen LogP contribution is -1.94. The third kappa shape index (κ3) is 2.33. The molecule has 0 bridgehead atoms. The van der Waals surface area contributed by atoms with E-state index >= 15 is 0 Å². The molecule has 0 unspecified atom stereocenters. The Hall–Kier alpha value is -2.82. The van der Waals surface area contributed by atoms with E-state index in [1.165, 1.54) is 0 Å². The van der Waals surface area contributed by atoms with Crippen molar-refractivity contribution in [3.8, 4) is 16.9 Å². The van der Waals surface area contributed by atoms with Crippen LogP contribution < -0.4 is 0 Å². The molecule has 98 valence electrons. The minimum absolute atomic E-state index is 0.0943. The second-order valence-corrected chi connectivity index (χ2v) is 4.31. The standard InChI is InChI=1S/C15H12N4O/c20-17-10-13-11-19(14-6-2-1-3-7-14)18-15(13)12-5-4-8-16-9-12/h1-9,11H,10H2. The van der Waals surface area contributed by atoms with Crippen LogP contribution >= 0.6 is 0 Å². The molecule has 3 aromatic rings. The highest BCUT2D eigenvalue weighted by Gasteiger charge is 2.12. The van der Waals surface area contributed by atoms with Crippen molar-refractivity contribution in [3.05, 3.63) is 71.5 Å². The second kappa shape index (κ2) is 5.44. The van der Waals surface area contributed by atoms with Gasteiger partial charge in [-0.1, -0.05) is 23.4 Å². The maximum Gasteiger partial charge on any atom is 0.110 e. The van der Waals surface area contributed by atoms with Crippen LogP contribution in [0.3, 0.4) is 0 Å². The van der Waals surface area contributed by atoms with Gasteiger partial charge in [0.1, 0.15) is 6.54 Å².